The molecule has 1 aliphatic rings. The Balaban J connectivity index is 1.39. The van der Waals surface area contributed by atoms with Gasteiger partial charge in [0.05, 0.1) is 0 Å². The van der Waals surface area contributed by atoms with E-state index in [2.05, 4.69) is 36.4 Å². The number of hydrogen-bond acceptors (Lipinski definition) is 7. The predicted octanol–water partition coefficient (Wildman–Crippen LogP) is 2.57. The van der Waals surface area contributed by atoms with E-state index in [4.69, 9.17) is 5.10 Å². The molecular formula is C18H17N7S. The first kappa shape index (κ1) is 15.3. The van der Waals surface area contributed by atoms with Gasteiger partial charge in [-0.1, -0.05) is 6.07 Å². The number of pyridine rings is 1. The SMILES string of the molecule is c1ccc(N2CCN(c3ccc4nnc(-c5ccsc5)n4n3)CC2)nc1. The van der Waals surface area contributed by atoms with Crippen LogP contribution in [-0.2, 0) is 0 Å². The lowest BCUT2D eigenvalue weighted by atomic mass is 10.3. The van der Waals surface area contributed by atoms with Crippen molar-refractivity contribution in [2.24, 2.45) is 0 Å². The number of piperazine rings is 1. The quantitative estimate of drug-likeness (QED) is 0.557. The summed E-state index contributed by atoms with van der Waals surface area (Å²) in [6, 6.07) is 12.1. The van der Waals surface area contributed by atoms with Crippen molar-refractivity contribution in [2.45, 2.75) is 0 Å². The summed E-state index contributed by atoms with van der Waals surface area (Å²) in [6.07, 6.45) is 1.84. The molecule has 26 heavy (non-hydrogen) atoms. The Morgan fingerprint density at radius 2 is 1.69 bits per heavy atom. The molecule has 4 aromatic rings. The van der Waals surface area contributed by atoms with Gasteiger partial charge in [0, 0.05) is 43.3 Å². The van der Waals surface area contributed by atoms with Crippen LogP contribution in [0.3, 0.4) is 0 Å². The zero-order valence-corrected chi connectivity index (χ0v) is 14.9. The van der Waals surface area contributed by atoms with Crippen LogP contribution >= 0.6 is 11.3 Å². The Morgan fingerprint density at radius 1 is 0.846 bits per heavy atom. The number of anilines is 2. The summed E-state index contributed by atoms with van der Waals surface area (Å²) in [5, 5.41) is 17.4. The lowest BCUT2D eigenvalue weighted by molar-refractivity contribution is 0.636. The summed E-state index contributed by atoms with van der Waals surface area (Å²) >= 11 is 1.65. The maximum atomic E-state index is 4.80. The minimum Gasteiger partial charge on any atom is -0.353 e. The lowest BCUT2D eigenvalue weighted by Crippen LogP contribution is -2.47. The van der Waals surface area contributed by atoms with Crippen LogP contribution in [0, 0.1) is 0 Å². The molecule has 0 amide bonds. The topological polar surface area (TPSA) is 62.5 Å². The predicted molar refractivity (Wildman–Crippen MR) is 103 cm³/mol. The van der Waals surface area contributed by atoms with Crippen LogP contribution in [0.5, 0.6) is 0 Å². The number of aromatic nitrogens is 5. The maximum Gasteiger partial charge on any atom is 0.186 e. The molecule has 0 N–H and O–H groups in total. The van der Waals surface area contributed by atoms with Gasteiger partial charge in [-0.05, 0) is 35.7 Å². The summed E-state index contributed by atoms with van der Waals surface area (Å²) in [4.78, 5) is 9.06. The van der Waals surface area contributed by atoms with E-state index < -0.39 is 0 Å². The largest absolute Gasteiger partial charge is 0.353 e. The third-order valence-corrected chi connectivity index (χ3v) is 5.29. The lowest BCUT2D eigenvalue weighted by Gasteiger charge is -2.35. The zero-order valence-electron chi connectivity index (χ0n) is 14.1. The summed E-state index contributed by atoms with van der Waals surface area (Å²) in [5.74, 6) is 2.78. The summed E-state index contributed by atoms with van der Waals surface area (Å²) < 4.78 is 1.84. The highest BCUT2D eigenvalue weighted by molar-refractivity contribution is 7.08. The van der Waals surface area contributed by atoms with E-state index in [-0.39, 0.29) is 0 Å². The monoisotopic (exact) mass is 363 g/mol. The number of thiophene rings is 1. The van der Waals surface area contributed by atoms with Gasteiger partial charge in [0.2, 0.25) is 0 Å². The fourth-order valence-electron chi connectivity index (χ4n) is 3.23. The second-order valence-electron chi connectivity index (χ2n) is 6.16. The molecule has 130 valence electrons. The normalized spacial score (nSPS) is 14.9. The van der Waals surface area contributed by atoms with Crippen molar-refractivity contribution in [1.82, 2.24) is 24.8 Å². The molecule has 1 aliphatic heterocycles. The molecule has 0 aromatic carbocycles. The van der Waals surface area contributed by atoms with Gasteiger partial charge in [-0.15, -0.1) is 15.3 Å². The first-order chi connectivity index (χ1) is 12.9. The van der Waals surface area contributed by atoms with Crippen molar-refractivity contribution in [1.29, 1.82) is 0 Å². The third kappa shape index (κ3) is 2.68. The maximum absolute atomic E-state index is 4.80. The molecule has 0 bridgehead atoms. The van der Waals surface area contributed by atoms with E-state index >= 15 is 0 Å². The van der Waals surface area contributed by atoms with Gasteiger partial charge >= 0.3 is 0 Å². The number of rotatable bonds is 3. The molecule has 0 aliphatic carbocycles. The molecule has 0 radical (unpaired) electrons. The molecule has 4 aromatic heterocycles. The average molecular weight is 363 g/mol. The van der Waals surface area contributed by atoms with E-state index in [9.17, 15) is 0 Å². The Hall–Kier alpha value is -3.00. The fraction of sp³-hybridized carbons (Fsp3) is 0.222. The average Bonchev–Trinajstić information content (AvgIpc) is 3.38. The van der Waals surface area contributed by atoms with Crippen LogP contribution in [0.4, 0.5) is 11.6 Å². The van der Waals surface area contributed by atoms with Gasteiger partial charge in [0.15, 0.2) is 11.5 Å². The van der Waals surface area contributed by atoms with Gasteiger partial charge in [-0.25, -0.2) is 4.98 Å². The molecule has 0 unspecified atom stereocenters. The van der Waals surface area contributed by atoms with Gasteiger partial charge in [0.1, 0.15) is 11.6 Å². The van der Waals surface area contributed by atoms with Crippen molar-refractivity contribution in [3.63, 3.8) is 0 Å². The summed E-state index contributed by atoms with van der Waals surface area (Å²) in [6.45, 7) is 3.67. The van der Waals surface area contributed by atoms with E-state index in [1.807, 2.05) is 46.4 Å². The molecule has 1 saturated heterocycles. The Morgan fingerprint density at radius 3 is 2.42 bits per heavy atom. The van der Waals surface area contributed by atoms with Crippen LogP contribution < -0.4 is 9.80 Å². The molecule has 7 nitrogen and oxygen atoms in total. The molecule has 0 spiro atoms. The van der Waals surface area contributed by atoms with Crippen LogP contribution in [-0.4, -0.2) is 51.0 Å². The Kier molecular flexibility index (Phi) is 3.75. The molecule has 0 saturated carbocycles. The number of hydrogen-bond donors (Lipinski definition) is 0. The van der Waals surface area contributed by atoms with Gasteiger partial charge in [-0.2, -0.15) is 15.9 Å². The molecule has 1 fully saturated rings. The molecule has 5 heterocycles. The standard InChI is InChI=1S/C18H17N7S/c1-2-7-19-15(3-1)23-8-10-24(11-9-23)17-5-4-16-20-21-18(25(16)22-17)14-6-12-26-13-14/h1-7,12-13H,8-11H2. The smallest absolute Gasteiger partial charge is 0.186 e. The van der Waals surface area contributed by atoms with E-state index in [0.29, 0.717) is 0 Å². The first-order valence-corrected chi connectivity index (χ1v) is 9.49. The second kappa shape index (κ2) is 6.38. The van der Waals surface area contributed by atoms with Crippen LogP contribution in [0.25, 0.3) is 17.0 Å². The van der Waals surface area contributed by atoms with Crippen molar-refractivity contribution >= 4 is 28.6 Å². The summed E-state index contributed by atoms with van der Waals surface area (Å²) in [5.41, 5.74) is 1.81. The van der Waals surface area contributed by atoms with Gasteiger partial charge in [-0.3, -0.25) is 0 Å². The van der Waals surface area contributed by atoms with Gasteiger partial charge < -0.3 is 9.80 Å². The van der Waals surface area contributed by atoms with E-state index in [1.165, 1.54) is 0 Å². The van der Waals surface area contributed by atoms with Crippen molar-refractivity contribution < 1.29 is 0 Å². The molecular weight excluding hydrogens is 346 g/mol. The van der Waals surface area contributed by atoms with E-state index in [1.54, 1.807) is 11.3 Å². The second-order valence-corrected chi connectivity index (χ2v) is 6.94. The van der Waals surface area contributed by atoms with Gasteiger partial charge in [0.25, 0.3) is 0 Å². The highest BCUT2D eigenvalue weighted by atomic mass is 32.1. The first-order valence-electron chi connectivity index (χ1n) is 8.54. The highest BCUT2D eigenvalue weighted by Gasteiger charge is 2.20. The minimum absolute atomic E-state index is 0.766. The molecule has 0 atom stereocenters. The fourth-order valence-corrected chi connectivity index (χ4v) is 3.86. The van der Waals surface area contributed by atoms with Crippen LogP contribution in [0.1, 0.15) is 0 Å². The number of nitrogens with zero attached hydrogens (tertiary/aromatic N) is 7. The van der Waals surface area contributed by atoms with E-state index in [0.717, 1.165) is 54.8 Å². The van der Waals surface area contributed by atoms with Crippen molar-refractivity contribution in [2.75, 3.05) is 36.0 Å². The number of fused-ring (bicyclic) bond motifs is 1. The molecule has 5 rings (SSSR count). The van der Waals surface area contributed by atoms with Crippen LogP contribution in [0.2, 0.25) is 0 Å². The summed E-state index contributed by atoms with van der Waals surface area (Å²) in [7, 11) is 0. The zero-order chi connectivity index (χ0) is 17.3. The Bertz CT molecular complexity index is 1000. The highest BCUT2D eigenvalue weighted by Crippen LogP contribution is 2.22. The Labute approximate surface area is 154 Å². The molecule has 8 heteroatoms. The minimum atomic E-state index is 0.766. The third-order valence-electron chi connectivity index (χ3n) is 4.61. The van der Waals surface area contributed by atoms with Crippen LogP contribution in [0.15, 0.2) is 53.4 Å². The van der Waals surface area contributed by atoms with Crippen molar-refractivity contribution in [3.05, 3.63) is 53.4 Å². The van der Waals surface area contributed by atoms with Crippen molar-refractivity contribution in [3.8, 4) is 11.4 Å².